The normalized spacial score (nSPS) is 20.0. The number of fused-ring (bicyclic) bond motifs is 1. The van der Waals surface area contributed by atoms with Gasteiger partial charge in [-0.2, -0.15) is 0 Å². The van der Waals surface area contributed by atoms with E-state index in [2.05, 4.69) is 4.98 Å². The smallest absolute Gasteiger partial charge is 0.339 e. The summed E-state index contributed by atoms with van der Waals surface area (Å²) in [6.07, 6.45) is 3.22. The maximum Gasteiger partial charge on any atom is 0.339 e. The number of imidazole rings is 1. The van der Waals surface area contributed by atoms with Crippen LogP contribution in [0.1, 0.15) is 41.5 Å². The van der Waals surface area contributed by atoms with Crippen LogP contribution in [-0.4, -0.2) is 26.2 Å². The Hall–Kier alpha value is -1.85. The lowest BCUT2D eigenvalue weighted by atomic mass is 9.85. The van der Waals surface area contributed by atoms with Gasteiger partial charge in [0.15, 0.2) is 0 Å². The second-order valence-electron chi connectivity index (χ2n) is 5.58. The lowest BCUT2D eigenvalue weighted by Gasteiger charge is -2.40. The Morgan fingerprint density at radius 2 is 2.24 bits per heavy atom. The number of aliphatic hydroxyl groups excluding tert-OH is 1. The molecule has 3 rings (SSSR count). The topological polar surface area (TPSA) is 64.4 Å². The number of esters is 1. The maximum absolute atomic E-state index is 12.1. The Morgan fingerprint density at radius 1 is 1.48 bits per heavy atom. The molecule has 1 aromatic heterocycles. The van der Waals surface area contributed by atoms with E-state index in [0.717, 1.165) is 5.56 Å². The summed E-state index contributed by atoms with van der Waals surface area (Å²) in [4.78, 5) is 16.2. The Balaban J connectivity index is 2.25. The van der Waals surface area contributed by atoms with Crippen molar-refractivity contribution < 1.29 is 14.6 Å². The molecule has 0 radical (unpaired) electrons. The van der Waals surface area contributed by atoms with Crippen LogP contribution in [0.5, 0.6) is 0 Å². The summed E-state index contributed by atoms with van der Waals surface area (Å²) in [5.74, 6) is -0.367. The van der Waals surface area contributed by atoms with Gasteiger partial charge in [-0.15, -0.1) is 0 Å². The first-order valence-corrected chi connectivity index (χ1v) is 6.96. The van der Waals surface area contributed by atoms with Gasteiger partial charge >= 0.3 is 5.97 Å². The van der Waals surface area contributed by atoms with E-state index >= 15 is 0 Å². The highest BCUT2D eigenvalue weighted by Crippen LogP contribution is 2.41. The van der Waals surface area contributed by atoms with Gasteiger partial charge in [0.2, 0.25) is 0 Å². The molecule has 0 saturated heterocycles. The number of rotatable bonds is 2. The highest BCUT2D eigenvalue weighted by molar-refractivity contribution is 6.30. The predicted molar refractivity (Wildman–Crippen MR) is 77.2 cm³/mol. The summed E-state index contributed by atoms with van der Waals surface area (Å²) in [6, 6.07) is 4.80. The minimum absolute atomic E-state index is 0.142. The minimum atomic E-state index is -0.778. The van der Waals surface area contributed by atoms with Gasteiger partial charge in [0.1, 0.15) is 5.60 Å². The van der Waals surface area contributed by atoms with Gasteiger partial charge in [-0.05, 0) is 37.6 Å². The van der Waals surface area contributed by atoms with Crippen LogP contribution in [0, 0.1) is 0 Å². The average molecular weight is 307 g/mol. The number of carbonyl (C=O) groups is 1. The fourth-order valence-corrected chi connectivity index (χ4v) is 3.02. The zero-order chi connectivity index (χ0) is 15.2. The van der Waals surface area contributed by atoms with Gasteiger partial charge in [0, 0.05) is 5.02 Å². The third-order valence-corrected chi connectivity index (χ3v) is 3.96. The van der Waals surface area contributed by atoms with E-state index in [-0.39, 0.29) is 18.6 Å². The van der Waals surface area contributed by atoms with Crippen LogP contribution in [0.3, 0.4) is 0 Å². The molecule has 0 aliphatic carbocycles. The summed E-state index contributed by atoms with van der Waals surface area (Å²) in [5, 5.41) is 10.0. The van der Waals surface area contributed by atoms with E-state index in [4.69, 9.17) is 16.3 Å². The first-order chi connectivity index (χ1) is 9.94. The van der Waals surface area contributed by atoms with Gasteiger partial charge in [0.25, 0.3) is 0 Å². The van der Waals surface area contributed by atoms with Gasteiger partial charge < -0.3 is 14.4 Å². The Labute approximate surface area is 127 Å². The van der Waals surface area contributed by atoms with E-state index < -0.39 is 5.60 Å². The van der Waals surface area contributed by atoms with Gasteiger partial charge in [0.05, 0.1) is 36.4 Å². The number of nitrogens with zero attached hydrogens (tertiary/aromatic N) is 2. The number of carbonyl (C=O) groups excluding carboxylic acids is 1. The molecular formula is C15H15ClN2O3. The molecule has 2 heterocycles. The summed E-state index contributed by atoms with van der Waals surface area (Å²) in [5.41, 5.74) is 1.13. The lowest BCUT2D eigenvalue weighted by molar-refractivity contribution is -0.0269. The van der Waals surface area contributed by atoms with Crippen molar-refractivity contribution in [3.8, 4) is 0 Å². The fraction of sp³-hybridized carbons (Fsp3) is 0.333. The van der Waals surface area contributed by atoms with E-state index in [1.165, 1.54) is 0 Å². The molecule has 1 aromatic carbocycles. The molecule has 1 atom stereocenters. The van der Waals surface area contributed by atoms with Gasteiger partial charge in [-0.25, -0.2) is 9.78 Å². The maximum atomic E-state index is 12.1. The molecule has 6 heteroatoms. The van der Waals surface area contributed by atoms with Crippen molar-refractivity contribution in [2.24, 2.45) is 0 Å². The quantitative estimate of drug-likeness (QED) is 0.866. The Kier molecular flexibility index (Phi) is 3.26. The first kappa shape index (κ1) is 14.1. The SMILES string of the molecule is CC1(C)OC(=O)c2ccc(Cl)cc2C1n1cncc1CO. The molecule has 21 heavy (non-hydrogen) atoms. The van der Waals surface area contributed by atoms with Crippen LogP contribution in [0.4, 0.5) is 0 Å². The predicted octanol–water partition coefficient (Wildman–Crippen LogP) is 2.57. The number of cyclic esters (lactones) is 1. The number of hydrogen-bond donors (Lipinski definition) is 1. The molecule has 0 bridgehead atoms. The Bertz CT molecular complexity index is 709. The number of benzene rings is 1. The molecule has 0 amide bonds. The molecule has 0 fully saturated rings. The molecule has 2 aromatic rings. The van der Waals surface area contributed by atoms with Crippen molar-refractivity contribution in [3.05, 3.63) is 52.6 Å². The number of aromatic nitrogens is 2. The highest BCUT2D eigenvalue weighted by Gasteiger charge is 2.43. The van der Waals surface area contributed by atoms with Crippen LogP contribution < -0.4 is 0 Å². The zero-order valence-electron chi connectivity index (χ0n) is 11.7. The van der Waals surface area contributed by atoms with E-state index in [9.17, 15) is 9.90 Å². The zero-order valence-corrected chi connectivity index (χ0v) is 12.5. The molecular weight excluding hydrogens is 292 g/mol. The number of aliphatic hydroxyl groups is 1. The second-order valence-corrected chi connectivity index (χ2v) is 6.01. The highest BCUT2D eigenvalue weighted by atomic mass is 35.5. The van der Waals surface area contributed by atoms with Crippen molar-refractivity contribution in [1.29, 1.82) is 0 Å². The molecule has 0 saturated carbocycles. The molecule has 1 aliphatic heterocycles. The Morgan fingerprint density at radius 3 is 2.95 bits per heavy atom. The molecule has 5 nitrogen and oxygen atoms in total. The number of ether oxygens (including phenoxy) is 1. The average Bonchev–Trinajstić information content (AvgIpc) is 2.85. The lowest BCUT2D eigenvalue weighted by Crippen LogP contribution is -2.44. The van der Waals surface area contributed by atoms with Crippen molar-refractivity contribution in [3.63, 3.8) is 0 Å². The minimum Gasteiger partial charge on any atom is -0.453 e. The van der Waals surface area contributed by atoms with Crippen molar-refractivity contribution >= 4 is 17.6 Å². The van der Waals surface area contributed by atoms with Crippen LogP contribution in [0.2, 0.25) is 5.02 Å². The van der Waals surface area contributed by atoms with Crippen LogP contribution >= 0.6 is 11.6 Å². The first-order valence-electron chi connectivity index (χ1n) is 6.58. The monoisotopic (exact) mass is 306 g/mol. The molecule has 1 aliphatic rings. The van der Waals surface area contributed by atoms with Gasteiger partial charge in [-0.1, -0.05) is 11.6 Å². The summed E-state index contributed by atoms with van der Waals surface area (Å²) >= 11 is 6.09. The fourth-order valence-electron chi connectivity index (χ4n) is 2.84. The molecule has 110 valence electrons. The molecule has 0 spiro atoms. The van der Waals surface area contributed by atoms with E-state index in [1.807, 2.05) is 18.4 Å². The van der Waals surface area contributed by atoms with Crippen LogP contribution in [0.25, 0.3) is 0 Å². The van der Waals surface area contributed by atoms with Gasteiger partial charge in [-0.3, -0.25) is 0 Å². The summed E-state index contributed by atoms with van der Waals surface area (Å²) in [6.45, 7) is 3.53. The van der Waals surface area contributed by atoms with Crippen molar-refractivity contribution in [1.82, 2.24) is 9.55 Å². The largest absolute Gasteiger partial charge is 0.453 e. The summed E-state index contributed by atoms with van der Waals surface area (Å²) in [7, 11) is 0. The third kappa shape index (κ3) is 2.22. The van der Waals surface area contributed by atoms with Crippen molar-refractivity contribution in [2.75, 3.05) is 0 Å². The number of halogens is 1. The third-order valence-electron chi connectivity index (χ3n) is 3.73. The molecule has 1 N–H and O–H groups in total. The standard InChI is InChI=1S/C15H15ClN2O3/c1-15(2)13(18-8-17-6-10(18)7-19)12-5-9(16)3-4-11(12)14(20)21-15/h3-6,8,13,19H,7H2,1-2H3. The van der Waals surface area contributed by atoms with Crippen molar-refractivity contribution in [2.45, 2.75) is 32.1 Å². The van der Waals surface area contributed by atoms with Crippen LogP contribution in [0.15, 0.2) is 30.7 Å². The van der Waals surface area contributed by atoms with E-state index in [1.54, 1.807) is 30.7 Å². The molecule has 1 unspecified atom stereocenters. The second kappa shape index (κ2) is 4.86. The summed E-state index contributed by atoms with van der Waals surface area (Å²) < 4.78 is 7.38. The van der Waals surface area contributed by atoms with E-state index in [0.29, 0.717) is 16.3 Å². The number of hydrogen-bond acceptors (Lipinski definition) is 4. The van der Waals surface area contributed by atoms with Crippen LogP contribution in [-0.2, 0) is 11.3 Å².